The van der Waals surface area contributed by atoms with Crippen LogP contribution in [0, 0.1) is 11.8 Å². The highest BCUT2D eigenvalue weighted by atomic mass is 16.3. The predicted octanol–water partition coefficient (Wildman–Crippen LogP) is 1.70. The molecular formula is C16H28N4O2. The van der Waals surface area contributed by atoms with Crippen LogP contribution < -0.4 is 0 Å². The van der Waals surface area contributed by atoms with Crippen LogP contribution in [0.25, 0.3) is 0 Å². The number of aryl methyl sites for hydroxylation is 1. The SMILES string of the molecule is CC(C)C[C@H](O)C1CCN(C(=O)CCCn2cncn2)CC1. The number of rotatable bonds is 7. The Balaban J connectivity index is 1.66. The number of piperidine rings is 1. The van der Waals surface area contributed by atoms with Crippen molar-refractivity contribution >= 4 is 5.91 Å². The summed E-state index contributed by atoms with van der Waals surface area (Å²) >= 11 is 0. The molecule has 0 aliphatic carbocycles. The number of aromatic nitrogens is 3. The highest BCUT2D eigenvalue weighted by Crippen LogP contribution is 2.24. The van der Waals surface area contributed by atoms with Crippen molar-refractivity contribution in [2.45, 2.75) is 58.6 Å². The fourth-order valence-electron chi connectivity index (χ4n) is 3.11. The van der Waals surface area contributed by atoms with E-state index in [2.05, 4.69) is 23.9 Å². The molecule has 6 nitrogen and oxygen atoms in total. The maximum Gasteiger partial charge on any atom is 0.222 e. The normalized spacial score (nSPS) is 17.9. The van der Waals surface area contributed by atoms with Gasteiger partial charge in [-0.1, -0.05) is 13.8 Å². The standard InChI is InChI=1S/C16H28N4O2/c1-13(2)10-15(21)14-5-8-19(9-6-14)16(22)4-3-7-20-12-17-11-18-20/h11-15,21H,3-10H2,1-2H3/t15-/m0/s1. The summed E-state index contributed by atoms with van der Waals surface area (Å²) in [4.78, 5) is 18.0. The lowest BCUT2D eigenvalue weighted by Crippen LogP contribution is -2.41. The molecule has 1 aromatic heterocycles. The molecule has 22 heavy (non-hydrogen) atoms. The molecule has 1 saturated heterocycles. The minimum Gasteiger partial charge on any atom is -0.393 e. The van der Waals surface area contributed by atoms with E-state index in [4.69, 9.17) is 0 Å². The molecule has 0 bridgehead atoms. The van der Waals surface area contributed by atoms with Gasteiger partial charge in [0.2, 0.25) is 5.91 Å². The number of likely N-dealkylation sites (tertiary alicyclic amines) is 1. The fourth-order valence-corrected chi connectivity index (χ4v) is 3.11. The van der Waals surface area contributed by atoms with Gasteiger partial charge in [-0.3, -0.25) is 9.48 Å². The molecule has 2 rings (SSSR count). The third kappa shape index (κ3) is 5.09. The minimum atomic E-state index is -0.218. The van der Waals surface area contributed by atoms with E-state index in [1.54, 1.807) is 11.0 Å². The van der Waals surface area contributed by atoms with E-state index in [0.29, 0.717) is 18.3 Å². The van der Waals surface area contributed by atoms with Gasteiger partial charge in [-0.15, -0.1) is 0 Å². The number of nitrogens with zero attached hydrogens (tertiary/aromatic N) is 4. The molecule has 2 heterocycles. The molecule has 1 N–H and O–H groups in total. The first-order valence-corrected chi connectivity index (χ1v) is 8.34. The van der Waals surface area contributed by atoms with Crippen LogP contribution in [-0.2, 0) is 11.3 Å². The van der Waals surface area contributed by atoms with Gasteiger partial charge in [0.1, 0.15) is 12.7 Å². The summed E-state index contributed by atoms with van der Waals surface area (Å²) in [5, 5.41) is 14.2. The summed E-state index contributed by atoms with van der Waals surface area (Å²) in [5.41, 5.74) is 0. The number of amides is 1. The number of carbonyl (C=O) groups excluding carboxylic acids is 1. The van der Waals surface area contributed by atoms with E-state index in [1.165, 1.54) is 6.33 Å². The second-order valence-corrected chi connectivity index (χ2v) is 6.68. The maximum absolute atomic E-state index is 12.2. The largest absolute Gasteiger partial charge is 0.393 e. The molecule has 1 atom stereocenters. The molecule has 0 unspecified atom stereocenters. The van der Waals surface area contributed by atoms with Crippen LogP contribution in [0.4, 0.5) is 0 Å². The first-order valence-electron chi connectivity index (χ1n) is 8.34. The van der Waals surface area contributed by atoms with Gasteiger partial charge in [0, 0.05) is 26.1 Å². The van der Waals surface area contributed by atoms with Gasteiger partial charge in [-0.2, -0.15) is 5.10 Å². The van der Waals surface area contributed by atoms with Crippen LogP contribution in [0.3, 0.4) is 0 Å². The third-order valence-electron chi connectivity index (χ3n) is 4.39. The summed E-state index contributed by atoms with van der Waals surface area (Å²) in [6.07, 6.45) is 7.00. The van der Waals surface area contributed by atoms with Crippen molar-refractivity contribution in [2.75, 3.05) is 13.1 Å². The van der Waals surface area contributed by atoms with Crippen LogP contribution in [-0.4, -0.2) is 49.9 Å². The van der Waals surface area contributed by atoms with Crippen molar-refractivity contribution < 1.29 is 9.90 Å². The van der Waals surface area contributed by atoms with Crippen LogP contribution in [0.2, 0.25) is 0 Å². The lowest BCUT2D eigenvalue weighted by atomic mass is 9.87. The highest BCUT2D eigenvalue weighted by molar-refractivity contribution is 5.76. The zero-order chi connectivity index (χ0) is 15.9. The van der Waals surface area contributed by atoms with Gasteiger partial charge in [-0.05, 0) is 37.5 Å². The van der Waals surface area contributed by atoms with Gasteiger partial charge in [0.05, 0.1) is 6.10 Å². The Kier molecular flexibility index (Phi) is 6.36. The predicted molar refractivity (Wildman–Crippen MR) is 84.0 cm³/mol. The number of aliphatic hydroxyl groups excluding tert-OH is 1. The number of hydrogen-bond donors (Lipinski definition) is 1. The average molecular weight is 308 g/mol. The summed E-state index contributed by atoms with van der Waals surface area (Å²) < 4.78 is 1.75. The average Bonchev–Trinajstić information content (AvgIpc) is 3.00. The van der Waals surface area contributed by atoms with Crippen LogP contribution in [0.15, 0.2) is 12.7 Å². The molecule has 0 spiro atoms. The van der Waals surface area contributed by atoms with E-state index in [9.17, 15) is 9.90 Å². The number of carbonyl (C=O) groups is 1. The maximum atomic E-state index is 12.2. The van der Waals surface area contributed by atoms with E-state index in [-0.39, 0.29) is 12.0 Å². The quantitative estimate of drug-likeness (QED) is 0.832. The molecule has 124 valence electrons. The van der Waals surface area contributed by atoms with Gasteiger partial charge in [0.25, 0.3) is 0 Å². The summed E-state index contributed by atoms with van der Waals surface area (Å²) in [5.74, 6) is 1.09. The summed E-state index contributed by atoms with van der Waals surface area (Å²) in [7, 11) is 0. The van der Waals surface area contributed by atoms with Crippen molar-refractivity contribution in [3.8, 4) is 0 Å². The summed E-state index contributed by atoms with van der Waals surface area (Å²) in [6.45, 7) is 6.56. The zero-order valence-corrected chi connectivity index (χ0v) is 13.7. The Morgan fingerprint density at radius 1 is 1.36 bits per heavy atom. The molecule has 1 aliphatic rings. The Morgan fingerprint density at radius 2 is 2.09 bits per heavy atom. The number of hydrogen-bond acceptors (Lipinski definition) is 4. The molecule has 0 radical (unpaired) electrons. The van der Waals surface area contributed by atoms with Crippen LogP contribution >= 0.6 is 0 Å². The van der Waals surface area contributed by atoms with Crippen molar-refractivity contribution in [1.82, 2.24) is 19.7 Å². The molecule has 1 aliphatic heterocycles. The van der Waals surface area contributed by atoms with Crippen molar-refractivity contribution in [3.63, 3.8) is 0 Å². The van der Waals surface area contributed by atoms with Gasteiger partial charge < -0.3 is 10.0 Å². The lowest BCUT2D eigenvalue weighted by Gasteiger charge is -2.34. The Morgan fingerprint density at radius 3 is 2.68 bits per heavy atom. The van der Waals surface area contributed by atoms with E-state index >= 15 is 0 Å². The first kappa shape index (κ1) is 16.9. The molecule has 1 aromatic rings. The van der Waals surface area contributed by atoms with E-state index in [0.717, 1.165) is 45.3 Å². The zero-order valence-electron chi connectivity index (χ0n) is 13.7. The fraction of sp³-hybridized carbons (Fsp3) is 0.812. The third-order valence-corrected chi connectivity index (χ3v) is 4.39. The summed E-state index contributed by atoms with van der Waals surface area (Å²) in [6, 6.07) is 0. The van der Waals surface area contributed by atoms with Gasteiger partial charge >= 0.3 is 0 Å². The second kappa shape index (κ2) is 8.27. The van der Waals surface area contributed by atoms with Gasteiger partial charge in [-0.25, -0.2) is 4.98 Å². The molecular weight excluding hydrogens is 280 g/mol. The lowest BCUT2D eigenvalue weighted by molar-refractivity contribution is -0.133. The number of aliphatic hydroxyl groups is 1. The monoisotopic (exact) mass is 308 g/mol. The second-order valence-electron chi connectivity index (χ2n) is 6.68. The molecule has 1 amide bonds. The van der Waals surface area contributed by atoms with Gasteiger partial charge in [0.15, 0.2) is 0 Å². The van der Waals surface area contributed by atoms with Crippen molar-refractivity contribution in [1.29, 1.82) is 0 Å². The molecule has 0 aromatic carbocycles. The van der Waals surface area contributed by atoms with Crippen molar-refractivity contribution in [2.24, 2.45) is 11.8 Å². The molecule has 0 saturated carbocycles. The Bertz CT molecular complexity index is 439. The van der Waals surface area contributed by atoms with Crippen molar-refractivity contribution in [3.05, 3.63) is 12.7 Å². The van der Waals surface area contributed by atoms with Crippen LogP contribution in [0.5, 0.6) is 0 Å². The minimum absolute atomic E-state index is 0.218. The van der Waals surface area contributed by atoms with Crippen LogP contribution in [0.1, 0.15) is 46.0 Å². The first-order chi connectivity index (χ1) is 10.6. The smallest absolute Gasteiger partial charge is 0.222 e. The van der Waals surface area contributed by atoms with E-state index in [1.807, 2.05) is 4.90 Å². The molecule has 1 fully saturated rings. The topological polar surface area (TPSA) is 71.2 Å². The molecule has 6 heteroatoms. The van der Waals surface area contributed by atoms with E-state index < -0.39 is 0 Å². The highest BCUT2D eigenvalue weighted by Gasteiger charge is 2.27. The Labute approximate surface area is 132 Å². The Hall–Kier alpha value is -1.43.